The van der Waals surface area contributed by atoms with Crippen molar-refractivity contribution in [3.8, 4) is 0 Å². The van der Waals surface area contributed by atoms with Gasteiger partial charge in [-0.25, -0.2) is 8.42 Å². The Kier molecular flexibility index (Phi) is 7.24. The number of amides is 1. The molecule has 1 aliphatic carbocycles. The third-order valence-corrected chi connectivity index (χ3v) is 9.03. The van der Waals surface area contributed by atoms with Crippen molar-refractivity contribution in [2.45, 2.75) is 43.6 Å². The average molecular weight is 518 g/mol. The van der Waals surface area contributed by atoms with Crippen LogP contribution >= 0.6 is 0 Å². The molecule has 3 aromatic rings. The van der Waals surface area contributed by atoms with E-state index in [1.165, 1.54) is 11.8 Å². The third-order valence-electron chi connectivity index (χ3n) is 7.90. The Morgan fingerprint density at radius 2 is 1.57 bits per heavy atom. The van der Waals surface area contributed by atoms with Gasteiger partial charge in [0.25, 0.3) is 0 Å². The summed E-state index contributed by atoms with van der Waals surface area (Å²) in [5, 5.41) is 6.79. The summed E-state index contributed by atoms with van der Waals surface area (Å²) in [6.07, 6.45) is 5.14. The summed E-state index contributed by atoms with van der Waals surface area (Å²) >= 11 is 0. The molecule has 7 heteroatoms. The first-order valence-electron chi connectivity index (χ1n) is 13.0. The maximum Gasteiger partial charge on any atom is 0.232 e. The Labute approximate surface area is 220 Å². The second-order valence-corrected chi connectivity index (χ2v) is 12.4. The van der Waals surface area contributed by atoms with Gasteiger partial charge in [-0.1, -0.05) is 66.7 Å². The Balaban J connectivity index is 1.25. The van der Waals surface area contributed by atoms with Crippen LogP contribution in [0.5, 0.6) is 0 Å². The third kappa shape index (κ3) is 5.67. The number of anilines is 2. The molecule has 6 nitrogen and oxygen atoms in total. The van der Waals surface area contributed by atoms with E-state index in [4.69, 9.17) is 0 Å². The summed E-state index contributed by atoms with van der Waals surface area (Å²) in [5.41, 5.74) is 3.91. The smallest absolute Gasteiger partial charge is 0.232 e. The predicted octanol–water partition coefficient (Wildman–Crippen LogP) is 4.73. The molecule has 2 N–H and O–H groups in total. The van der Waals surface area contributed by atoms with Crippen molar-refractivity contribution in [2.75, 3.05) is 29.0 Å². The molecule has 1 heterocycles. The van der Waals surface area contributed by atoms with E-state index in [0.29, 0.717) is 13.1 Å². The standard InChI is InChI=1S/C30H35N3O3S/c1-37(35,36)33-22-30(27-14-8-9-15-28(27)33)18-16-24(17-19-30)29(34)32-26(20-23-10-4-2-5-11-23)21-31-25-12-6-3-7-13-25/h2-15,24,26,31H,16-22H2,1H3,(H,32,34)/t24-,26-,30-/m0/s1. The molecule has 37 heavy (non-hydrogen) atoms. The van der Waals surface area contributed by atoms with Gasteiger partial charge in [0.1, 0.15) is 0 Å². The maximum absolute atomic E-state index is 13.4. The second kappa shape index (κ2) is 10.6. The molecule has 5 rings (SSSR count). The highest BCUT2D eigenvalue weighted by molar-refractivity contribution is 7.92. The van der Waals surface area contributed by atoms with E-state index in [0.717, 1.165) is 49.0 Å². The lowest BCUT2D eigenvalue weighted by Crippen LogP contribution is -2.46. The van der Waals surface area contributed by atoms with E-state index in [1.54, 1.807) is 4.31 Å². The first-order chi connectivity index (χ1) is 17.8. The van der Waals surface area contributed by atoms with Crippen LogP contribution in [0.2, 0.25) is 0 Å². The summed E-state index contributed by atoms with van der Waals surface area (Å²) in [7, 11) is -3.35. The molecule has 1 spiro atoms. The van der Waals surface area contributed by atoms with Crippen molar-refractivity contribution >= 4 is 27.3 Å². The lowest BCUT2D eigenvalue weighted by atomic mass is 9.67. The second-order valence-electron chi connectivity index (χ2n) is 10.5. The van der Waals surface area contributed by atoms with E-state index in [-0.39, 0.29) is 23.3 Å². The number of hydrogen-bond acceptors (Lipinski definition) is 4. The van der Waals surface area contributed by atoms with Gasteiger partial charge in [-0.2, -0.15) is 0 Å². The summed E-state index contributed by atoms with van der Waals surface area (Å²) in [6.45, 7) is 1.11. The average Bonchev–Trinajstić information content (AvgIpc) is 3.23. The van der Waals surface area contributed by atoms with Crippen molar-refractivity contribution in [3.05, 3.63) is 96.1 Å². The van der Waals surface area contributed by atoms with Crippen LogP contribution in [0.1, 0.15) is 36.8 Å². The molecular formula is C30H35N3O3S. The van der Waals surface area contributed by atoms with Crippen molar-refractivity contribution in [2.24, 2.45) is 5.92 Å². The topological polar surface area (TPSA) is 78.5 Å². The Morgan fingerprint density at radius 3 is 2.24 bits per heavy atom. The van der Waals surface area contributed by atoms with Gasteiger partial charge in [-0.05, 0) is 61.4 Å². The summed E-state index contributed by atoms with van der Waals surface area (Å²) in [5.74, 6) is 0.0250. The number of rotatable bonds is 8. The molecule has 3 aromatic carbocycles. The molecule has 2 aliphatic rings. The number of sulfonamides is 1. The molecule has 1 fully saturated rings. The molecular weight excluding hydrogens is 482 g/mol. The minimum Gasteiger partial charge on any atom is -0.383 e. The molecule has 194 valence electrons. The lowest BCUT2D eigenvalue weighted by molar-refractivity contribution is -0.127. The van der Waals surface area contributed by atoms with E-state index in [9.17, 15) is 13.2 Å². The number of carbonyl (C=O) groups excluding carboxylic acids is 1. The van der Waals surface area contributed by atoms with Crippen LogP contribution in [-0.2, 0) is 26.7 Å². The van der Waals surface area contributed by atoms with Gasteiger partial charge in [-0.15, -0.1) is 0 Å². The Hall–Kier alpha value is -3.32. The summed E-state index contributed by atoms with van der Waals surface area (Å²) in [6, 6.07) is 28.1. The fraction of sp³-hybridized carbons (Fsp3) is 0.367. The van der Waals surface area contributed by atoms with Gasteiger partial charge in [0.15, 0.2) is 0 Å². The molecule has 0 radical (unpaired) electrons. The van der Waals surface area contributed by atoms with E-state index < -0.39 is 10.0 Å². The Morgan fingerprint density at radius 1 is 0.946 bits per heavy atom. The van der Waals surface area contributed by atoms with E-state index in [2.05, 4.69) is 28.8 Å². The zero-order chi connectivity index (χ0) is 25.9. The first-order valence-corrected chi connectivity index (χ1v) is 14.9. The normalized spacial score (nSPS) is 21.9. The molecule has 0 saturated heterocycles. The highest BCUT2D eigenvalue weighted by Crippen LogP contribution is 2.50. The number of benzene rings is 3. The number of carbonyl (C=O) groups is 1. The van der Waals surface area contributed by atoms with Crippen molar-refractivity contribution < 1.29 is 13.2 Å². The van der Waals surface area contributed by atoms with E-state index in [1.807, 2.05) is 66.7 Å². The van der Waals surface area contributed by atoms with Gasteiger partial charge < -0.3 is 10.6 Å². The van der Waals surface area contributed by atoms with Gasteiger partial charge in [0.2, 0.25) is 15.9 Å². The molecule has 1 saturated carbocycles. The molecule has 0 unspecified atom stereocenters. The summed E-state index contributed by atoms with van der Waals surface area (Å²) in [4.78, 5) is 13.4. The fourth-order valence-corrected chi connectivity index (χ4v) is 6.93. The van der Waals surface area contributed by atoms with Crippen LogP contribution in [0.25, 0.3) is 0 Å². The molecule has 1 amide bonds. The van der Waals surface area contributed by atoms with Crippen molar-refractivity contribution in [3.63, 3.8) is 0 Å². The first kappa shape index (κ1) is 25.3. The highest BCUT2D eigenvalue weighted by Gasteiger charge is 2.47. The monoisotopic (exact) mass is 517 g/mol. The van der Waals surface area contributed by atoms with Crippen molar-refractivity contribution in [1.82, 2.24) is 5.32 Å². The van der Waals surface area contributed by atoms with Crippen LogP contribution < -0.4 is 14.9 Å². The van der Waals surface area contributed by atoms with Crippen LogP contribution in [-0.4, -0.2) is 39.7 Å². The lowest BCUT2D eigenvalue weighted by Gasteiger charge is -2.37. The van der Waals surface area contributed by atoms with Crippen LogP contribution in [0.3, 0.4) is 0 Å². The molecule has 1 aliphatic heterocycles. The SMILES string of the molecule is CS(=O)(=O)N1C[C@]2(CC[C@@H](C(=O)N[C@H](CNc3ccccc3)Cc3ccccc3)CC2)c2ccccc21. The van der Waals surface area contributed by atoms with Gasteiger partial charge in [-0.3, -0.25) is 9.10 Å². The Bertz CT molecular complexity index is 1320. The zero-order valence-electron chi connectivity index (χ0n) is 21.3. The number of hydrogen-bond donors (Lipinski definition) is 2. The van der Waals surface area contributed by atoms with Gasteiger partial charge in [0, 0.05) is 30.1 Å². The summed E-state index contributed by atoms with van der Waals surface area (Å²) < 4.78 is 26.5. The van der Waals surface area contributed by atoms with E-state index >= 15 is 0 Å². The predicted molar refractivity (Wildman–Crippen MR) is 149 cm³/mol. The minimum absolute atomic E-state index is 0.0427. The number of nitrogens with zero attached hydrogens (tertiary/aromatic N) is 1. The maximum atomic E-state index is 13.4. The zero-order valence-corrected chi connectivity index (χ0v) is 22.1. The van der Waals surface area contributed by atoms with Crippen molar-refractivity contribution in [1.29, 1.82) is 0 Å². The largest absolute Gasteiger partial charge is 0.383 e. The highest BCUT2D eigenvalue weighted by atomic mass is 32.2. The molecule has 1 atom stereocenters. The molecule has 0 aromatic heterocycles. The minimum atomic E-state index is -3.35. The molecule has 0 bridgehead atoms. The van der Waals surface area contributed by atoms with Crippen LogP contribution in [0.15, 0.2) is 84.9 Å². The van der Waals surface area contributed by atoms with Gasteiger partial charge in [0.05, 0.1) is 18.0 Å². The van der Waals surface area contributed by atoms with Gasteiger partial charge >= 0.3 is 0 Å². The number of fused-ring (bicyclic) bond motifs is 2. The number of nitrogens with one attached hydrogen (secondary N) is 2. The fourth-order valence-electron chi connectivity index (χ4n) is 5.93. The van der Waals surface area contributed by atoms with Crippen LogP contribution in [0.4, 0.5) is 11.4 Å². The quantitative estimate of drug-likeness (QED) is 0.453. The van der Waals surface area contributed by atoms with Crippen LogP contribution in [0, 0.1) is 5.92 Å². The number of para-hydroxylation sites is 2.